The van der Waals surface area contributed by atoms with Crippen LogP contribution >= 0.6 is 12.2 Å². The van der Waals surface area contributed by atoms with E-state index in [2.05, 4.69) is 9.88 Å². The van der Waals surface area contributed by atoms with Gasteiger partial charge in [0.05, 0.1) is 18.5 Å². The van der Waals surface area contributed by atoms with Crippen LogP contribution in [0.1, 0.15) is 18.4 Å². The zero-order valence-electron chi connectivity index (χ0n) is 10.6. The molecule has 2 heterocycles. The Morgan fingerprint density at radius 3 is 3.22 bits per heavy atom. The van der Waals surface area contributed by atoms with Crippen LogP contribution in [0.2, 0.25) is 0 Å². The van der Waals surface area contributed by atoms with Gasteiger partial charge in [0.25, 0.3) is 0 Å². The van der Waals surface area contributed by atoms with Crippen molar-refractivity contribution < 1.29 is 4.74 Å². The number of hydrogen-bond acceptors (Lipinski definition) is 4. The van der Waals surface area contributed by atoms with E-state index in [1.807, 2.05) is 12.3 Å². The van der Waals surface area contributed by atoms with Crippen LogP contribution in [0.15, 0.2) is 18.5 Å². The molecule has 98 valence electrons. The molecule has 2 N–H and O–H groups in total. The highest BCUT2D eigenvalue weighted by Crippen LogP contribution is 2.25. The van der Waals surface area contributed by atoms with Gasteiger partial charge in [0.15, 0.2) is 0 Å². The molecule has 0 saturated carbocycles. The first-order valence-electron chi connectivity index (χ1n) is 6.20. The van der Waals surface area contributed by atoms with Gasteiger partial charge >= 0.3 is 0 Å². The van der Waals surface area contributed by atoms with Crippen molar-refractivity contribution in [3.63, 3.8) is 0 Å². The Morgan fingerprint density at radius 1 is 1.67 bits per heavy atom. The highest BCUT2D eigenvalue weighted by atomic mass is 32.1. The number of anilines is 1. The number of nitrogens with zero attached hydrogens (tertiary/aromatic N) is 2. The Labute approximate surface area is 113 Å². The Balaban J connectivity index is 2.18. The third kappa shape index (κ3) is 2.97. The first-order chi connectivity index (χ1) is 8.72. The second-order valence-electron chi connectivity index (χ2n) is 4.67. The van der Waals surface area contributed by atoms with Gasteiger partial charge in [-0.2, -0.15) is 0 Å². The van der Waals surface area contributed by atoms with Crippen molar-refractivity contribution >= 4 is 22.9 Å². The Bertz CT molecular complexity index is 422. The van der Waals surface area contributed by atoms with Crippen LogP contribution in [0.5, 0.6) is 0 Å². The summed E-state index contributed by atoms with van der Waals surface area (Å²) in [5.74, 6) is 0.572. The van der Waals surface area contributed by atoms with E-state index in [-0.39, 0.29) is 0 Å². The summed E-state index contributed by atoms with van der Waals surface area (Å²) in [5.41, 5.74) is 7.73. The number of ether oxygens (including phenoxy) is 1. The lowest BCUT2D eigenvalue weighted by Crippen LogP contribution is -2.38. The van der Waals surface area contributed by atoms with Crippen molar-refractivity contribution in [1.29, 1.82) is 0 Å². The molecule has 4 nitrogen and oxygen atoms in total. The van der Waals surface area contributed by atoms with Gasteiger partial charge in [0.2, 0.25) is 0 Å². The lowest BCUT2D eigenvalue weighted by molar-refractivity contribution is 0.143. The van der Waals surface area contributed by atoms with Gasteiger partial charge in [0, 0.05) is 32.0 Å². The molecule has 0 aromatic carbocycles. The summed E-state index contributed by atoms with van der Waals surface area (Å²) in [7, 11) is 1.75. The van der Waals surface area contributed by atoms with E-state index in [9.17, 15) is 0 Å². The summed E-state index contributed by atoms with van der Waals surface area (Å²) in [6.07, 6.45) is 5.96. The van der Waals surface area contributed by atoms with E-state index < -0.39 is 0 Å². The molecular formula is C13H19N3OS. The van der Waals surface area contributed by atoms with E-state index in [1.54, 1.807) is 13.3 Å². The van der Waals surface area contributed by atoms with Crippen LogP contribution in [0.25, 0.3) is 0 Å². The number of methoxy groups -OCH3 is 1. The number of thiocarbonyl (C=S) groups is 1. The third-order valence-electron chi connectivity index (χ3n) is 3.33. The predicted molar refractivity (Wildman–Crippen MR) is 76.9 cm³/mol. The Hall–Kier alpha value is -1.20. The predicted octanol–water partition coefficient (Wildman–Crippen LogP) is 1.58. The first kappa shape index (κ1) is 13.2. The molecule has 0 bridgehead atoms. The lowest BCUT2D eigenvalue weighted by atomic mass is 9.98. The van der Waals surface area contributed by atoms with Crippen LogP contribution in [0.4, 0.5) is 5.69 Å². The van der Waals surface area contributed by atoms with Gasteiger partial charge in [-0.3, -0.25) is 4.98 Å². The summed E-state index contributed by atoms with van der Waals surface area (Å²) in [6, 6.07) is 1.89. The van der Waals surface area contributed by atoms with Crippen molar-refractivity contribution in [2.24, 2.45) is 11.7 Å². The van der Waals surface area contributed by atoms with Gasteiger partial charge in [-0.25, -0.2) is 0 Å². The zero-order chi connectivity index (χ0) is 13.0. The molecule has 1 atom stereocenters. The normalized spacial score (nSPS) is 19.8. The quantitative estimate of drug-likeness (QED) is 0.838. The zero-order valence-corrected chi connectivity index (χ0v) is 11.4. The fourth-order valence-electron chi connectivity index (χ4n) is 2.50. The number of rotatable bonds is 4. The molecule has 0 spiro atoms. The van der Waals surface area contributed by atoms with E-state index in [4.69, 9.17) is 22.7 Å². The fraction of sp³-hybridized carbons (Fsp3) is 0.538. The largest absolute Gasteiger partial charge is 0.389 e. The summed E-state index contributed by atoms with van der Waals surface area (Å²) in [6.45, 7) is 2.82. The maximum atomic E-state index is 5.77. The Kier molecular flexibility index (Phi) is 4.49. The van der Waals surface area contributed by atoms with Gasteiger partial charge < -0.3 is 15.4 Å². The second-order valence-corrected chi connectivity index (χ2v) is 5.11. The monoisotopic (exact) mass is 265 g/mol. The number of pyridine rings is 1. The standard InChI is InChI=1S/C13H19N3OS/c1-17-9-10-3-2-6-16(8-10)12-7-15-5-4-11(12)13(14)18/h4-5,7,10H,2-3,6,8-9H2,1H3,(H2,14,18). The maximum absolute atomic E-state index is 5.77. The number of aromatic nitrogens is 1. The summed E-state index contributed by atoms with van der Waals surface area (Å²) >= 11 is 5.10. The smallest absolute Gasteiger partial charge is 0.106 e. The number of nitrogens with two attached hydrogens (primary N) is 1. The molecule has 1 aliphatic rings. The van der Waals surface area contributed by atoms with E-state index in [0.717, 1.165) is 30.9 Å². The highest BCUT2D eigenvalue weighted by Gasteiger charge is 2.22. The second kappa shape index (κ2) is 6.11. The minimum atomic E-state index is 0.432. The summed E-state index contributed by atoms with van der Waals surface area (Å²) in [4.78, 5) is 6.93. The van der Waals surface area contributed by atoms with Crippen molar-refractivity contribution in [2.45, 2.75) is 12.8 Å². The topological polar surface area (TPSA) is 51.4 Å². The molecule has 2 rings (SSSR count). The average molecular weight is 265 g/mol. The molecule has 0 amide bonds. The minimum absolute atomic E-state index is 0.432. The van der Waals surface area contributed by atoms with Crippen molar-refractivity contribution in [2.75, 3.05) is 31.7 Å². The van der Waals surface area contributed by atoms with Gasteiger partial charge in [-0.1, -0.05) is 12.2 Å². The molecule has 1 aromatic heterocycles. The SMILES string of the molecule is COCC1CCCN(c2cnccc2C(N)=S)C1. The molecule has 1 fully saturated rings. The highest BCUT2D eigenvalue weighted by molar-refractivity contribution is 7.80. The molecule has 1 aromatic rings. The minimum Gasteiger partial charge on any atom is -0.389 e. The van der Waals surface area contributed by atoms with Crippen molar-refractivity contribution in [1.82, 2.24) is 4.98 Å². The molecule has 5 heteroatoms. The third-order valence-corrected chi connectivity index (χ3v) is 3.55. The molecule has 1 unspecified atom stereocenters. The summed E-state index contributed by atoms with van der Waals surface area (Å²) < 4.78 is 5.25. The van der Waals surface area contributed by atoms with E-state index >= 15 is 0 Å². The van der Waals surface area contributed by atoms with E-state index in [0.29, 0.717) is 10.9 Å². The number of hydrogen-bond donors (Lipinski definition) is 1. The van der Waals surface area contributed by atoms with E-state index in [1.165, 1.54) is 12.8 Å². The number of piperidine rings is 1. The van der Waals surface area contributed by atoms with Crippen LogP contribution in [0, 0.1) is 5.92 Å². The van der Waals surface area contributed by atoms with Gasteiger partial charge in [0.1, 0.15) is 4.99 Å². The average Bonchev–Trinajstić information content (AvgIpc) is 2.39. The molecular weight excluding hydrogens is 246 g/mol. The van der Waals surface area contributed by atoms with Crippen LogP contribution in [-0.4, -0.2) is 36.8 Å². The van der Waals surface area contributed by atoms with Crippen LogP contribution in [-0.2, 0) is 4.74 Å². The van der Waals surface area contributed by atoms with Gasteiger partial charge in [-0.05, 0) is 24.8 Å². The van der Waals surface area contributed by atoms with Gasteiger partial charge in [-0.15, -0.1) is 0 Å². The molecule has 1 saturated heterocycles. The van der Waals surface area contributed by atoms with Crippen LogP contribution in [0.3, 0.4) is 0 Å². The first-order valence-corrected chi connectivity index (χ1v) is 6.61. The molecule has 18 heavy (non-hydrogen) atoms. The van der Waals surface area contributed by atoms with Crippen molar-refractivity contribution in [3.8, 4) is 0 Å². The lowest BCUT2D eigenvalue weighted by Gasteiger charge is -2.34. The summed E-state index contributed by atoms with van der Waals surface area (Å²) in [5, 5.41) is 0. The maximum Gasteiger partial charge on any atom is 0.106 e. The molecule has 0 aliphatic carbocycles. The van der Waals surface area contributed by atoms with Crippen molar-refractivity contribution in [3.05, 3.63) is 24.0 Å². The fourth-order valence-corrected chi connectivity index (χ4v) is 2.67. The molecule has 0 radical (unpaired) electrons. The Morgan fingerprint density at radius 2 is 2.50 bits per heavy atom. The molecule has 1 aliphatic heterocycles. The van der Waals surface area contributed by atoms with Crippen LogP contribution < -0.4 is 10.6 Å².